The first-order valence-electron chi connectivity index (χ1n) is 9.81. The van der Waals surface area contributed by atoms with Crippen LogP contribution in [0.2, 0.25) is 0 Å². The number of carboxylic acids is 1. The van der Waals surface area contributed by atoms with E-state index in [1.807, 2.05) is 48.5 Å². The van der Waals surface area contributed by atoms with Crippen LogP contribution in [0.3, 0.4) is 0 Å². The van der Waals surface area contributed by atoms with Gasteiger partial charge in [0.25, 0.3) is 0 Å². The molecule has 0 saturated carbocycles. The van der Waals surface area contributed by atoms with E-state index in [-0.39, 0.29) is 25.6 Å². The van der Waals surface area contributed by atoms with Crippen molar-refractivity contribution in [2.24, 2.45) is 11.1 Å². The Balaban J connectivity index is 1.86. The van der Waals surface area contributed by atoms with Crippen molar-refractivity contribution in [1.29, 1.82) is 0 Å². The van der Waals surface area contributed by atoms with Crippen LogP contribution in [-0.2, 0) is 23.8 Å². The Morgan fingerprint density at radius 2 is 1.63 bits per heavy atom. The van der Waals surface area contributed by atoms with Crippen molar-refractivity contribution in [2.45, 2.75) is 18.4 Å². The maximum absolute atomic E-state index is 13.1. The zero-order valence-corrected chi connectivity index (χ0v) is 17.2. The predicted molar refractivity (Wildman–Crippen MR) is 111 cm³/mol. The van der Waals surface area contributed by atoms with E-state index in [4.69, 9.17) is 19.9 Å². The Kier molecular flexibility index (Phi) is 6.87. The average Bonchev–Trinajstić information content (AvgIpc) is 3.08. The standard InChI is InChI=1S/C23H27NO6/c1-28-12-11-20(29-2)23(14-24,21(25)26)22(27)30-13-19-17-9-5-3-7-15(17)16-8-4-6-10-18(16)19/h3-10,19-20H,11-14,24H2,1-2H3,(H,25,26). The van der Waals surface area contributed by atoms with Gasteiger partial charge in [0.15, 0.2) is 0 Å². The molecule has 0 spiro atoms. The maximum Gasteiger partial charge on any atom is 0.327 e. The summed E-state index contributed by atoms with van der Waals surface area (Å²) in [6, 6.07) is 15.9. The predicted octanol–water partition coefficient (Wildman–Crippen LogP) is 2.42. The second-order valence-electron chi connectivity index (χ2n) is 7.31. The molecule has 160 valence electrons. The highest BCUT2D eigenvalue weighted by atomic mass is 16.5. The minimum absolute atomic E-state index is 0.0165. The van der Waals surface area contributed by atoms with E-state index >= 15 is 0 Å². The van der Waals surface area contributed by atoms with Crippen LogP contribution in [-0.4, -0.2) is 57.1 Å². The van der Waals surface area contributed by atoms with Gasteiger partial charge < -0.3 is 25.1 Å². The molecule has 1 aliphatic rings. The van der Waals surface area contributed by atoms with E-state index in [1.54, 1.807) is 0 Å². The topological polar surface area (TPSA) is 108 Å². The van der Waals surface area contributed by atoms with Gasteiger partial charge in [-0.25, -0.2) is 0 Å². The molecule has 0 aromatic heterocycles. The monoisotopic (exact) mass is 413 g/mol. The number of carbonyl (C=O) groups is 2. The lowest BCUT2D eigenvalue weighted by molar-refractivity contribution is -0.179. The molecule has 3 N–H and O–H groups in total. The molecule has 0 saturated heterocycles. The van der Waals surface area contributed by atoms with E-state index in [1.165, 1.54) is 14.2 Å². The Hall–Kier alpha value is -2.74. The largest absolute Gasteiger partial charge is 0.480 e. The number of fused-ring (bicyclic) bond motifs is 3. The Bertz CT molecular complexity index is 869. The van der Waals surface area contributed by atoms with Gasteiger partial charge >= 0.3 is 11.9 Å². The lowest BCUT2D eigenvalue weighted by Gasteiger charge is -2.33. The molecular weight excluding hydrogens is 386 g/mol. The Morgan fingerprint density at radius 3 is 2.10 bits per heavy atom. The third kappa shape index (κ3) is 3.71. The summed E-state index contributed by atoms with van der Waals surface area (Å²) in [7, 11) is 2.84. The Labute approximate surface area is 175 Å². The molecule has 0 fully saturated rings. The third-order valence-corrected chi connectivity index (χ3v) is 5.83. The number of carboxylic acid groups (broad SMARTS) is 1. The zero-order chi connectivity index (χ0) is 21.7. The second-order valence-corrected chi connectivity index (χ2v) is 7.31. The normalized spacial score (nSPS) is 15.7. The van der Waals surface area contributed by atoms with Crippen molar-refractivity contribution < 1.29 is 28.9 Å². The molecule has 2 unspecified atom stereocenters. The highest BCUT2D eigenvalue weighted by molar-refractivity contribution is 6.00. The number of carbonyl (C=O) groups excluding carboxylic acids is 1. The van der Waals surface area contributed by atoms with E-state index in [0.717, 1.165) is 22.3 Å². The maximum atomic E-state index is 13.1. The first-order valence-corrected chi connectivity index (χ1v) is 9.81. The van der Waals surface area contributed by atoms with Crippen molar-refractivity contribution in [3.63, 3.8) is 0 Å². The lowest BCUT2D eigenvalue weighted by Crippen LogP contribution is -2.56. The quantitative estimate of drug-likeness (QED) is 0.455. The molecule has 0 aliphatic heterocycles. The SMILES string of the molecule is COCCC(OC)C(CN)(C(=O)O)C(=O)OCC1c2ccccc2-c2ccccc21. The fourth-order valence-corrected chi connectivity index (χ4v) is 4.18. The third-order valence-electron chi connectivity index (χ3n) is 5.83. The number of ether oxygens (including phenoxy) is 3. The van der Waals surface area contributed by atoms with Gasteiger partial charge in [0.2, 0.25) is 5.41 Å². The average molecular weight is 413 g/mol. The lowest BCUT2D eigenvalue weighted by atomic mass is 9.80. The molecule has 0 amide bonds. The summed E-state index contributed by atoms with van der Waals surface area (Å²) in [5.41, 5.74) is 8.05. The summed E-state index contributed by atoms with van der Waals surface area (Å²) in [5.74, 6) is -2.45. The molecule has 1 aliphatic carbocycles. The van der Waals surface area contributed by atoms with Gasteiger partial charge in [0.05, 0.1) is 6.10 Å². The number of methoxy groups -OCH3 is 2. The highest BCUT2D eigenvalue weighted by Crippen LogP contribution is 2.44. The minimum Gasteiger partial charge on any atom is -0.480 e. The van der Waals surface area contributed by atoms with E-state index in [9.17, 15) is 14.7 Å². The van der Waals surface area contributed by atoms with Crippen molar-refractivity contribution in [2.75, 3.05) is 34.0 Å². The molecule has 7 nitrogen and oxygen atoms in total. The van der Waals surface area contributed by atoms with Crippen LogP contribution in [0.1, 0.15) is 23.5 Å². The van der Waals surface area contributed by atoms with Crippen molar-refractivity contribution >= 4 is 11.9 Å². The zero-order valence-electron chi connectivity index (χ0n) is 17.2. The van der Waals surface area contributed by atoms with Crippen LogP contribution < -0.4 is 5.73 Å². The van der Waals surface area contributed by atoms with Crippen LogP contribution in [0.4, 0.5) is 0 Å². The number of rotatable bonds is 10. The summed E-state index contributed by atoms with van der Waals surface area (Å²) in [5, 5.41) is 9.90. The van der Waals surface area contributed by atoms with Crippen molar-refractivity contribution in [1.82, 2.24) is 0 Å². The minimum atomic E-state index is -2.01. The number of hydrogen-bond donors (Lipinski definition) is 2. The van der Waals surface area contributed by atoms with Crippen molar-refractivity contribution in [3.8, 4) is 11.1 Å². The molecule has 3 rings (SSSR count). The molecule has 7 heteroatoms. The van der Waals surface area contributed by atoms with Crippen LogP contribution >= 0.6 is 0 Å². The second kappa shape index (κ2) is 9.38. The van der Waals surface area contributed by atoms with Gasteiger partial charge in [-0.05, 0) is 28.7 Å². The molecule has 2 aromatic carbocycles. The molecule has 0 radical (unpaired) electrons. The van der Waals surface area contributed by atoms with Crippen LogP contribution in [0.15, 0.2) is 48.5 Å². The molecule has 2 atom stereocenters. The summed E-state index contributed by atoms with van der Waals surface area (Å²) in [6.45, 7) is -0.200. The highest BCUT2D eigenvalue weighted by Gasteiger charge is 2.54. The van der Waals surface area contributed by atoms with E-state index < -0.39 is 30.0 Å². The molecule has 0 heterocycles. The van der Waals surface area contributed by atoms with Gasteiger partial charge in [0, 0.05) is 33.3 Å². The van der Waals surface area contributed by atoms with Crippen LogP contribution in [0.25, 0.3) is 11.1 Å². The van der Waals surface area contributed by atoms with Crippen LogP contribution in [0, 0.1) is 5.41 Å². The first-order chi connectivity index (χ1) is 14.5. The van der Waals surface area contributed by atoms with Gasteiger partial charge in [-0.15, -0.1) is 0 Å². The number of esters is 1. The number of benzene rings is 2. The number of aliphatic carboxylic acids is 1. The van der Waals surface area contributed by atoms with Gasteiger partial charge in [-0.1, -0.05) is 48.5 Å². The van der Waals surface area contributed by atoms with Gasteiger partial charge in [-0.2, -0.15) is 0 Å². The smallest absolute Gasteiger partial charge is 0.327 e. The summed E-state index contributed by atoms with van der Waals surface area (Å²) < 4.78 is 16.0. The first kappa shape index (κ1) is 22.0. The molecular formula is C23H27NO6. The molecule has 30 heavy (non-hydrogen) atoms. The molecule has 0 bridgehead atoms. The fourth-order valence-electron chi connectivity index (χ4n) is 4.18. The fraction of sp³-hybridized carbons (Fsp3) is 0.391. The summed E-state index contributed by atoms with van der Waals surface area (Å²) >= 11 is 0. The van der Waals surface area contributed by atoms with E-state index in [2.05, 4.69) is 0 Å². The van der Waals surface area contributed by atoms with Crippen molar-refractivity contribution in [3.05, 3.63) is 59.7 Å². The molecule has 2 aromatic rings. The number of nitrogens with two attached hydrogens (primary N) is 1. The summed E-state index contributed by atoms with van der Waals surface area (Å²) in [4.78, 5) is 25.2. The van der Waals surface area contributed by atoms with E-state index in [0.29, 0.717) is 0 Å². The Morgan fingerprint density at radius 1 is 1.07 bits per heavy atom. The van der Waals surface area contributed by atoms with Gasteiger partial charge in [0.1, 0.15) is 6.61 Å². The number of hydrogen-bond acceptors (Lipinski definition) is 6. The van der Waals surface area contributed by atoms with Crippen LogP contribution in [0.5, 0.6) is 0 Å². The summed E-state index contributed by atoms with van der Waals surface area (Å²) in [6.07, 6.45) is -0.781. The van der Waals surface area contributed by atoms with Gasteiger partial charge in [-0.3, -0.25) is 9.59 Å².